The SMILES string of the molecule is Cc1ccc(CC(=O)NCCCOCCO)cc1. The molecule has 0 aromatic heterocycles. The number of aliphatic hydroxyl groups is 1. The van der Waals surface area contributed by atoms with E-state index in [9.17, 15) is 4.79 Å². The number of rotatable bonds is 8. The lowest BCUT2D eigenvalue weighted by atomic mass is 10.1. The van der Waals surface area contributed by atoms with Crippen LogP contribution in [0.1, 0.15) is 17.5 Å². The molecule has 1 aromatic rings. The van der Waals surface area contributed by atoms with Crippen molar-refractivity contribution < 1.29 is 14.6 Å². The van der Waals surface area contributed by atoms with Gasteiger partial charge in [0.05, 0.1) is 19.6 Å². The maximum atomic E-state index is 11.6. The number of carbonyl (C=O) groups excluding carboxylic acids is 1. The first-order chi connectivity index (χ1) is 8.72. The van der Waals surface area contributed by atoms with Crippen LogP contribution in [0.15, 0.2) is 24.3 Å². The molecule has 0 aliphatic rings. The van der Waals surface area contributed by atoms with E-state index in [0.717, 1.165) is 12.0 Å². The Kier molecular flexibility index (Phi) is 7.06. The molecule has 18 heavy (non-hydrogen) atoms. The molecular formula is C14H21NO3. The van der Waals surface area contributed by atoms with Gasteiger partial charge in [0.2, 0.25) is 5.91 Å². The second-order valence-electron chi connectivity index (χ2n) is 4.20. The molecule has 1 rings (SSSR count). The van der Waals surface area contributed by atoms with Gasteiger partial charge in [0, 0.05) is 13.2 Å². The minimum absolute atomic E-state index is 0.0287. The third-order valence-corrected chi connectivity index (χ3v) is 2.51. The average Bonchev–Trinajstić information content (AvgIpc) is 2.36. The number of hydrogen-bond acceptors (Lipinski definition) is 3. The molecule has 4 nitrogen and oxygen atoms in total. The first-order valence-electron chi connectivity index (χ1n) is 6.23. The number of hydrogen-bond donors (Lipinski definition) is 2. The first-order valence-corrected chi connectivity index (χ1v) is 6.23. The van der Waals surface area contributed by atoms with Gasteiger partial charge >= 0.3 is 0 Å². The second-order valence-corrected chi connectivity index (χ2v) is 4.20. The summed E-state index contributed by atoms with van der Waals surface area (Å²) < 4.78 is 5.09. The quantitative estimate of drug-likeness (QED) is 0.679. The third-order valence-electron chi connectivity index (χ3n) is 2.51. The summed E-state index contributed by atoms with van der Waals surface area (Å²) in [6, 6.07) is 7.95. The van der Waals surface area contributed by atoms with Gasteiger partial charge in [-0.3, -0.25) is 4.79 Å². The normalized spacial score (nSPS) is 10.3. The topological polar surface area (TPSA) is 58.6 Å². The van der Waals surface area contributed by atoms with Crippen molar-refractivity contribution >= 4 is 5.91 Å². The highest BCUT2D eigenvalue weighted by Gasteiger charge is 2.02. The maximum Gasteiger partial charge on any atom is 0.224 e. The summed E-state index contributed by atoms with van der Waals surface area (Å²) in [4.78, 5) is 11.6. The molecular weight excluding hydrogens is 230 g/mol. The van der Waals surface area contributed by atoms with Crippen LogP contribution in [0.25, 0.3) is 0 Å². The van der Waals surface area contributed by atoms with Gasteiger partial charge in [-0.2, -0.15) is 0 Å². The highest BCUT2D eigenvalue weighted by molar-refractivity contribution is 5.78. The Bertz CT molecular complexity index is 349. The Labute approximate surface area is 108 Å². The summed E-state index contributed by atoms with van der Waals surface area (Å²) in [5, 5.41) is 11.3. The van der Waals surface area contributed by atoms with Crippen molar-refractivity contribution in [3.05, 3.63) is 35.4 Å². The molecule has 0 radical (unpaired) electrons. The van der Waals surface area contributed by atoms with Gasteiger partial charge in [-0.25, -0.2) is 0 Å². The van der Waals surface area contributed by atoms with Crippen molar-refractivity contribution in [1.82, 2.24) is 5.32 Å². The molecule has 0 unspecified atom stereocenters. The number of benzene rings is 1. The van der Waals surface area contributed by atoms with Gasteiger partial charge in [0.25, 0.3) is 0 Å². The zero-order chi connectivity index (χ0) is 13.2. The fourth-order valence-corrected chi connectivity index (χ4v) is 1.52. The maximum absolute atomic E-state index is 11.6. The minimum Gasteiger partial charge on any atom is -0.394 e. The van der Waals surface area contributed by atoms with Gasteiger partial charge in [-0.1, -0.05) is 29.8 Å². The molecule has 0 saturated heterocycles. The molecule has 0 bridgehead atoms. The number of ether oxygens (including phenoxy) is 1. The molecule has 4 heteroatoms. The molecule has 1 aromatic carbocycles. The van der Waals surface area contributed by atoms with Gasteiger partial charge in [0.15, 0.2) is 0 Å². The monoisotopic (exact) mass is 251 g/mol. The predicted molar refractivity (Wildman–Crippen MR) is 70.4 cm³/mol. The van der Waals surface area contributed by atoms with Gasteiger partial charge in [0.1, 0.15) is 0 Å². The van der Waals surface area contributed by atoms with E-state index >= 15 is 0 Å². The molecule has 100 valence electrons. The van der Waals surface area contributed by atoms with Crippen LogP contribution in [-0.4, -0.2) is 37.4 Å². The summed E-state index contributed by atoms with van der Waals surface area (Å²) in [6.45, 7) is 3.59. The highest BCUT2D eigenvalue weighted by atomic mass is 16.5. The Morgan fingerprint density at radius 2 is 2.00 bits per heavy atom. The lowest BCUT2D eigenvalue weighted by molar-refractivity contribution is -0.120. The molecule has 0 aliphatic carbocycles. The molecule has 0 fully saturated rings. The summed E-state index contributed by atoms with van der Waals surface area (Å²) in [6.07, 6.45) is 1.18. The molecule has 0 saturated carbocycles. The standard InChI is InChI=1S/C14H21NO3/c1-12-3-5-13(6-4-12)11-14(17)15-7-2-9-18-10-8-16/h3-6,16H,2,7-11H2,1H3,(H,15,17). The average molecular weight is 251 g/mol. The zero-order valence-electron chi connectivity index (χ0n) is 10.8. The van der Waals surface area contributed by atoms with Crippen molar-refractivity contribution in [3.63, 3.8) is 0 Å². The van der Waals surface area contributed by atoms with E-state index < -0.39 is 0 Å². The number of carbonyl (C=O) groups is 1. The van der Waals surface area contributed by atoms with Crippen molar-refractivity contribution in [2.24, 2.45) is 0 Å². The first kappa shape index (κ1) is 14.7. The molecule has 0 atom stereocenters. The molecule has 2 N–H and O–H groups in total. The van der Waals surface area contributed by atoms with E-state index in [0.29, 0.717) is 26.2 Å². The van der Waals surface area contributed by atoms with E-state index in [1.54, 1.807) is 0 Å². The van der Waals surface area contributed by atoms with Crippen molar-refractivity contribution in [3.8, 4) is 0 Å². The number of nitrogens with one attached hydrogen (secondary N) is 1. The predicted octanol–water partition coefficient (Wildman–Crippen LogP) is 1.05. The van der Waals surface area contributed by atoms with Gasteiger partial charge < -0.3 is 15.2 Å². The minimum atomic E-state index is 0.0287. The van der Waals surface area contributed by atoms with Crippen molar-refractivity contribution in [1.29, 1.82) is 0 Å². The third kappa shape index (κ3) is 6.37. The summed E-state index contributed by atoms with van der Waals surface area (Å²) in [5.74, 6) is 0.0287. The van der Waals surface area contributed by atoms with Crippen LogP contribution in [0.3, 0.4) is 0 Å². The molecule has 0 spiro atoms. The molecule has 1 amide bonds. The number of aliphatic hydroxyl groups excluding tert-OH is 1. The van der Waals surface area contributed by atoms with E-state index in [-0.39, 0.29) is 12.5 Å². The number of amides is 1. The van der Waals surface area contributed by atoms with Crippen LogP contribution in [0.4, 0.5) is 0 Å². The summed E-state index contributed by atoms with van der Waals surface area (Å²) in [7, 11) is 0. The van der Waals surface area contributed by atoms with Gasteiger partial charge in [-0.05, 0) is 18.9 Å². The van der Waals surface area contributed by atoms with E-state index in [1.807, 2.05) is 31.2 Å². The van der Waals surface area contributed by atoms with E-state index in [1.165, 1.54) is 5.56 Å². The van der Waals surface area contributed by atoms with Crippen LogP contribution >= 0.6 is 0 Å². The van der Waals surface area contributed by atoms with E-state index in [2.05, 4.69) is 5.32 Å². The van der Waals surface area contributed by atoms with Crippen molar-refractivity contribution in [2.45, 2.75) is 19.8 Å². The summed E-state index contributed by atoms with van der Waals surface area (Å²) >= 11 is 0. The van der Waals surface area contributed by atoms with Crippen LogP contribution in [0.2, 0.25) is 0 Å². The zero-order valence-corrected chi connectivity index (χ0v) is 10.8. The Hall–Kier alpha value is -1.39. The molecule has 0 heterocycles. The van der Waals surface area contributed by atoms with Crippen LogP contribution in [0, 0.1) is 6.92 Å². The highest BCUT2D eigenvalue weighted by Crippen LogP contribution is 2.03. The van der Waals surface area contributed by atoms with Crippen LogP contribution < -0.4 is 5.32 Å². The lowest BCUT2D eigenvalue weighted by Gasteiger charge is -2.06. The van der Waals surface area contributed by atoms with Crippen molar-refractivity contribution in [2.75, 3.05) is 26.4 Å². The van der Waals surface area contributed by atoms with Gasteiger partial charge in [-0.15, -0.1) is 0 Å². The van der Waals surface area contributed by atoms with Crippen LogP contribution in [0.5, 0.6) is 0 Å². The molecule has 0 aliphatic heterocycles. The fraction of sp³-hybridized carbons (Fsp3) is 0.500. The fourth-order valence-electron chi connectivity index (χ4n) is 1.52. The Morgan fingerprint density at radius 3 is 2.67 bits per heavy atom. The summed E-state index contributed by atoms with van der Waals surface area (Å²) in [5.41, 5.74) is 2.22. The van der Waals surface area contributed by atoms with E-state index in [4.69, 9.17) is 9.84 Å². The Morgan fingerprint density at radius 1 is 1.28 bits per heavy atom. The number of aryl methyl sites for hydroxylation is 1. The van der Waals surface area contributed by atoms with Crippen LogP contribution in [-0.2, 0) is 16.0 Å². The second kappa shape index (κ2) is 8.66. The smallest absolute Gasteiger partial charge is 0.224 e. The Balaban J connectivity index is 2.12. The lowest BCUT2D eigenvalue weighted by Crippen LogP contribution is -2.26. The largest absolute Gasteiger partial charge is 0.394 e.